The third-order valence-corrected chi connectivity index (χ3v) is 2.60. The number of carbonyl (C=O) groups excluding carboxylic acids is 1. The van der Waals surface area contributed by atoms with Crippen LogP contribution in [0.1, 0.15) is 18.0 Å². The van der Waals surface area contributed by atoms with Gasteiger partial charge in [-0.25, -0.2) is 0 Å². The Balaban J connectivity index is 0.00000289. The lowest BCUT2D eigenvalue weighted by Gasteiger charge is -2.13. The summed E-state index contributed by atoms with van der Waals surface area (Å²) in [6.07, 6.45) is 0.0285. The highest BCUT2D eigenvalue weighted by Crippen LogP contribution is 2.36. The van der Waals surface area contributed by atoms with Gasteiger partial charge in [-0.1, -0.05) is 11.6 Å². The molecule has 0 aliphatic rings. The number of aromatic hydroxyl groups is 1. The van der Waals surface area contributed by atoms with Crippen molar-refractivity contribution < 1.29 is 19.4 Å². The largest absolute Gasteiger partial charge is 0.503 e. The number of rotatable bonds is 4. The van der Waals surface area contributed by atoms with Crippen LogP contribution >= 0.6 is 24.0 Å². The lowest BCUT2D eigenvalue weighted by molar-refractivity contribution is -0.141. The minimum absolute atomic E-state index is 0. The van der Waals surface area contributed by atoms with Crippen LogP contribution < -0.4 is 10.5 Å². The first kappa shape index (κ1) is 16.8. The first-order valence-electron chi connectivity index (χ1n) is 4.88. The van der Waals surface area contributed by atoms with Gasteiger partial charge in [0.25, 0.3) is 0 Å². The van der Waals surface area contributed by atoms with Crippen molar-refractivity contribution in [3.05, 3.63) is 22.7 Å². The Morgan fingerprint density at radius 3 is 2.61 bits per heavy atom. The van der Waals surface area contributed by atoms with Crippen LogP contribution in [0.25, 0.3) is 0 Å². The molecule has 0 fully saturated rings. The number of nitrogens with two attached hydrogens (primary N) is 1. The van der Waals surface area contributed by atoms with Gasteiger partial charge in [0.2, 0.25) is 0 Å². The monoisotopic (exact) mass is 295 g/mol. The maximum atomic E-state index is 11.1. The molecule has 0 aliphatic carbocycles. The number of esters is 1. The van der Waals surface area contributed by atoms with E-state index in [2.05, 4.69) is 4.74 Å². The van der Waals surface area contributed by atoms with E-state index < -0.39 is 12.0 Å². The van der Waals surface area contributed by atoms with Crippen LogP contribution in [0.3, 0.4) is 0 Å². The molecule has 0 bridgehead atoms. The molecule has 0 aromatic heterocycles. The number of hydrogen-bond donors (Lipinski definition) is 2. The molecule has 0 spiro atoms. The number of phenolic OH excluding ortho intramolecular Hbond substituents is 1. The van der Waals surface area contributed by atoms with Crippen LogP contribution in [-0.4, -0.2) is 25.3 Å². The van der Waals surface area contributed by atoms with Gasteiger partial charge in [0.05, 0.1) is 25.7 Å². The van der Waals surface area contributed by atoms with E-state index in [4.69, 9.17) is 22.1 Å². The molecule has 1 rings (SSSR count). The van der Waals surface area contributed by atoms with Crippen LogP contribution in [-0.2, 0) is 9.53 Å². The van der Waals surface area contributed by atoms with Crippen molar-refractivity contribution in [3.63, 3.8) is 0 Å². The molecule has 1 aromatic rings. The van der Waals surface area contributed by atoms with E-state index in [0.717, 1.165) is 0 Å². The molecule has 0 amide bonds. The summed E-state index contributed by atoms with van der Waals surface area (Å²) in [5, 5.41) is 9.67. The first-order valence-corrected chi connectivity index (χ1v) is 5.26. The van der Waals surface area contributed by atoms with Gasteiger partial charge >= 0.3 is 5.97 Å². The van der Waals surface area contributed by atoms with Gasteiger partial charge in [0.15, 0.2) is 11.5 Å². The highest BCUT2D eigenvalue weighted by Gasteiger charge is 2.16. The summed E-state index contributed by atoms with van der Waals surface area (Å²) in [6, 6.07) is 2.47. The van der Waals surface area contributed by atoms with Gasteiger partial charge < -0.3 is 20.3 Å². The Morgan fingerprint density at radius 1 is 1.50 bits per heavy atom. The summed E-state index contributed by atoms with van der Waals surface area (Å²) in [4.78, 5) is 11.1. The van der Waals surface area contributed by atoms with Crippen molar-refractivity contribution in [2.24, 2.45) is 5.73 Å². The molecule has 0 saturated heterocycles. The number of methoxy groups -OCH3 is 2. The molecule has 1 aromatic carbocycles. The fraction of sp³-hybridized carbons (Fsp3) is 0.364. The van der Waals surface area contributed by atoms with Crippen LogP contribution in [0.4, 0.5) is 0 Å². The first-order chi connectivity index (χ1) is 7.99. The summed E-state index contributed by atoms with van der Waals surface area (Å²) in [7, 11) is 2.69. The third-order valence-electron chi connectivity index (χ3n) is 2.31. The standard InChI is InChI=1S/C11H14ClNO4.ClH/c1-16-9-4-6(3-7(12)11(9)15)8(13)5-10(14)17-2;/h3-4,8,15H,5,13H2,1-2H3;1H/t8-;/m1./s1. The molecule has 5 nitrogen and oxygen atoms in total. The highest BCUT2D eigenvalue weighted by molar-refractivity contribution is 6.32. The molecule has 0 radical (unpaired) electrons. The molecule has 0 heterocycles. The smallest absolute Gasteiger partial charge is 0.307 e. The van der Waals surface area contributed by atoms with Crippen LogP contribution in [0.5, 0.6) is 11.5 Å². The van der Waals surface area contributed by atoms with E-state index in [-0.39, 0.29) is 35.3 Å². The van der Waals surface area contributed by atoms with E-state index in [1.165, 1.54) is 26.4 Å². The number of carbonyl (C=O) groups is 1. The van der Waals surface area contributed by atoms with Crippen LogP contribution in [0.15, 0.2) is 12.1 Å². The molecule has 0 aliphatic heterocycles. The second-order valence-electron chi connectivity index (χ2n) is 3.44. The number of ether oxygens (including phenoxy) is 2. The van der Waals surface area contributed by atoms with Crippen molar-refractivity contribution in [3.8, 4) is 11.5 Å². The maximum Gasteiger partial charge on any atom is 0.307 e. The second kappa shape index (κ2) is 7.31. The van der Waals surface area contributed by atoms with E-state index in [0.29, 0.717) is 5.56 Å². The Bertz CT molecular complexity index is 426. The van der Waals surface area contributed by atoms with Gasteiger partial charge in [0, 0.05) is 6.04 Å². The average molecular weight is 296 g/mol. The second-order valence-corrected chi connectivity index (χ2v) is 3.85. The summed E-state index contributed by atoms with van der Waals surface area (Å²) in [5.41, 5.74) is 6.41. The number of halogens is 2. The van der Waals surface area contributed by atoms with Gasteiger partial charge in [-0.05, 0) is 17.7 Å². The van der Waals surface area contributed by atoms with Crippen molar-refractivity contribution in [1.82, 2.24) is 0 Å². The Labute approximate surface area is 116 Å². The van der Waals surface area contributed by atoms with Crippen molar-refractivity contribution in [1.29, 1.82) is 0 Å². The topological polar surface area (TPSA) is 81.8 Å². The number of phenols is 1. The summed E-state index contributed by atoms with van der Waals surface area (Å²) < 4.78 is 9.46. The zero-order valence-electron chi connectivity index (χ0n) is 9.97. The van der Waals surface area contributed by atoms with E-state index in [9.17, 15) is 9.90 Å². The minimum atomic E-state index is -0.561. The predicted octanol–water partition coefficient (Wildman–Crippen LogP) is 2.04. The Hall–Kier alpha value is -1.17. The SMILES string of the molecule is COC(=O)C[C@@H](N)c1cc(Cl)c(O)c(OC)c1.Cl. The molecule has 7 heteroatoms. The summed E-state index contributed by atoms with van der Waals surface area (Å²) in [6.45, 7) is 0. The Kier molecular flexibility index (Phi) is 6.83. The quantitative estimate of drug-likeness (QED) is 0.831. The summed E-state index contributed by atoms with van der Waals surface area (Å²) in [5.74, 6) is -0.350. The third kappa shape index (κ3) is 3.94. The lowest BCUT2D eigenvalue weighted by atomic mass is 10.0. The van der Waals surface area contributed by atoms with Gasteiger partial charge in [-0.3, -0.25) is 4.79 Å². The zero-order valence-corrected chi connectivity index (χ0v) is 11.5. The molecule has 0 saturated carbocycles. The van der Waals surface area contributed by atoms with E-state index in [1.54, 1.807) is 0 Å². The Morgan fingerprint density at radius 2 is 2.11 bits per heavy atom. The van der Waals surface area contributed by atoms with Crippen molar-refractivity contribution in [2.75, 3.05) is 14.2 Å². The number of hydrogen-bond acceptors (Lipinski definition) is 5. The van der Waals surface area contributed by atoms with Gasteiger partial charge in [-0.15, -0.1) is 12.4 Å². The van der Waals surface area contributed by atoms with Crippen LogP contribution in [0, 0.1) is 0 Å². The zero-order chi connectivity index (χ0) is 13.0. The van der Waals surface area contributed by atoms with Crippen molar-refractivity contribution >= 4 is 30.0 Å². The van der Waals surface area contributed by atoms with E-state index >= 15 is 0 Å². The number of benzene rings is 1. The molecule has 1 atom stereocenters. The van der Waals surface area contributed by atoms with Crippen molar-refractivity contribution in [2.45, 2.75) is 12.5 Å². The molecular formula is C11H15Cl2NO4. The fourth-order valence-corrected chi connectivity index (χ4v) is 1.56. The summed E-state index contributed by atoms with van der Waals surface area (Å²) >= 11 is 5.81. The molecule has 102 valence electrons. The molecule has 18 heavy (non-hydrogen) atoms. The average Bonchev–Trinajstić information content (AvgIpc) is 2.32. The normalized spacial score (nSPS) is 11.3. The maximum absolute atomic E-state index is 11.1. The highest BCUT2D eigenvalue weighted by atomic mass is 35.5. The fourth-order valence-electron chi connectivity index (χ4n) is 1.34. The van der Waals surface area contributed by atoms with E-state index in [1.807, 2.05) is 0 Å². The lowest BCUT2D eigenvalue weighted by Crippen LogP contribution is -2.16. The molecule has 0 unspecified atom stereocenters. The molecular weight excluding hydrogens is 281 g/mol. The predicted molar refractivity (Wildman–Crippen MR) is 70.5 cm³/mol. The minimum Gasteiger partial charge on any atom is -0.503 e. The van der Waals surface area contributed by atoms with Crippen LogP contribution in [0.2, 0.25) is 5.02 Å². The molecule has 3 N–H and O–H groups in total. The van der Waals surface area contributed by atoms with Gasteiger partial charge in [0.1, 0.15) is 0 Å². The van der Waals surface area contributed by atoms with Gasteiger partial charge in [-0.2, -0.15) is 0 Å².